The van der Waals surface area contributed by atoms with E-state index >= 15 is 0 Å². The van der Waals surface area contributed by atoms with Crippen LogP contribution in [0.15, 0.2) is 0 Å². The van der Waals surface area contributed by atoms with Gasteiger partial charge >= 0.3 is 5.97 Å². The first-order valence-corrected chi connectivity index (χ1v) is 8.91. The summed E-state index contributed by atoms with van der Waals surface area (Å²) in [5.74, 6) is 0.00753. The molecule has 0 aromatic carbocycles. The molecule has 130 valence electrons. The van der Waals surface area contributed by atoms with Crippen molar-refractivity contribution in [3.8, 4) is 0 Å². The molecule has 0 amide bonds. The second kappa shape index (κ2) is 5.05. The molecule has 4 bridgehead atoms. The number of carbonyl (C=O) groups excluding carboxylic acids is 2. The SMILES string of the molecule is CCC(C)(C)C(=O)OC12CC3CC(C)(CC(C)(C1)OCC3=O)C2. The summed E-state index contributed by atoms with van der Waals surface area (Å²) in [6.45, 7) is 10.4. The van der Waals surface area contributed by atoms with Gasteiger partial charge in [0.25, 0.3) is 0 Å². The predicted molar refractivity (Wildman–Crippen MR) is 86.9 cm³/mol. The van der Waals surface area contributed by atoms with Gasteiger partial charge in [-0.15, -0.1) is 0 Å². The Hall–Kier alpha value is -0.900. The zero-order chi connectivity index (χ0) is 17.1. The van der Waals surface area contributed by atoms with Gasteiger partial charge in [-0.05, 0) is 58.3 Å². The average Bonchev–Trinajstić information content (AvgIpc) is 2.41. The van der Waals surface area contributed by atoms with Gasteiger partial charge in [0.2, 0.25) is 0 Å². The van der Waals surface area contributed by atoms with Gasteiger partial charge in [0.1, 0.15) is 12.2 Å². The first-order valence-electron chi connectivity index (χ1n) is 8.91. The maximum atomic E-state index is 12.7. The Morgan fingerprint density at radius 1 is 1.26 bits per heavy atom. The molecule has 4 nitrogen and oxygen atoms in total. The van der Waals surface area contributed by atoms with Gasteiger partial charge in [-0.3, -0.25) is 9.59 Å². The molecule has 2 aliphatic carbocycles. The minimum absolute atomic E-state index is 0.0165. The van der Waals surface area contributed by atoms with Crippen LogP contribution in [-0.2, 0) is 19.1 Å². The largest absolute Gasteiger partial charge is 0.459 e. The monoisotopic (exact) mass is 322 g/mol. The Morgan fingerprint density at radius 3 is 2.61 bits per heavy atom. The fraction of sp³-hybridized carbons (Fsp3) is 0.895. The number of ether oxygens (including phenoxy) is 2. The molecule has 23 heavy (non-hydrogen) atoms. The summed E-state index contributed by atoms with van der Waals surface area (Å²) in [4.78, 5) is 25.2. The molecule has 2 heterocycles. The second-order valence-electron chi connectivity index (χ2n) is 9.46. The van der Waals surface area contributed by atoms with E-state index in [1.807, 2.05) is 20.8 Å². The third-order valence-corrected chi connectivity index (χ3v) is 6.37. The van der Waals surface area contributed by atoms with Crippen molar-refractivity contribution >= 4 is 11.8 Å². The fourth-order valence-corrected chi connectivity index (χ4v) is 5.24. The number of esters is 1. The van der Waals surface area contributed by atoms with Gasteiger partial charge in [0.15, 0.2) is 5.78 Å². The van der Waals surface area contributed by atoms with E-state index in [1.54, 1.807) is 0 Å². The van der Waals surface area contributed by atoms with Crippen LogP contribution in [0.25, 0.3) is 0 Å². The van der Waals surface area contributed by atoms with Crippen molar-refractivity contribution < 1.29 is 19.1 Å². The fourth-order valence-electron chi connectivity index (χ4n) is 5.24. The molecular formula is C19H30O4. The highest BCUT2D eigenvalue weighted by atomic mass is 16.6. The van der Waals surface area contributed by atoms with Crippen LogP contribution in [0.3, 0.4) is 0 Å². The minimum Gasteiger partial charge on any atom is -0.459 e. The van der Waals surface area contributed by atoms with E-state index in [4.69, 9.17) is 9.47 Å². The van der Waals surface area contributed by atoms with Crippen molar-refractivity contribution in [1.82, 2.24) is 0 Å². The molecule has 0 aromatic heterocycles. The number of hydrogen-bond acceptors (Lipinski definition) is 4. The number of ketones is 1. The highest BCUT2D eigenvalue weighted by Crippen LogP contribution is 2.59. The van der Waals surface area contributed by atoms with Crippen LogP contribution in [0.4, 0.5) is 0 Å². The lowest BCUT2D eigenvalue weighted by molar-refractivity contribution is -0.229. The summed E-state index contributed by atoms with van der Waals surface area (Å²) < 4.78 is 12.1. The van der Waals surface area contributed by atoms with Crippen LogP contribution in [0.5, 0.6) is 0 Å². The Balaban J connectivity index is 1.95. The summed E-state index contributed by atoms with van der Waals surface area (Å²) in [7, 11) is 0. The van der Waals surface area contributed by atoms with Crippen LogP contribution in [0.1, 0.15) is 73.1 Å². The molecule has 0 radical (unpaired) electrons. The smallest absolute Gasteiger partial charge is 0.312 e. The number of fused-ring (bicyclic) bond motifs is 2. The maximum absolute atomic E-state index is 12.7. The maximum Gasteiger partial charge on any atom is 0.312 e. The van der Waals surface area contributed by atoms with Crippen molar-refractivity contribution in [2.75, 3.05) is 6.61 Å². The van der Waals surface area contributed by atoms with Crippen LogP contribution >= 0.6 is 0 Å². The molecule has 4 unspecified atom stereocenters. The van der Waals surface area contributed by atoms with Crippen molar-refractivity contribution in [2.45, 2.75) is 84.3 Å². The van der Waals surface area contributed by atoms with Crippen LogP contribution < -0.4 is 0 Å². The lowest BCUT2D eigenvalue weighted by Gasteiger charge is -2.59. The minimum atomic E-state index is -0.537. The Morgan fingerprint density at radius 2 is 1.96 bits per heavy atom. The van der Waals surface area contributed by atoms with Gasteiger partial charge in [0, 0.05) is 12.3 Å². The van der Waals surface area contributed by atoms with Crippen LogP contribution in [-0.4, -0.2) is 29.6 Å². The molecular weight excluding hydrogens is 292 g/mol. The molecule has 4 atom stereocenters. The van der Waals surface area contributed by atoms with Gasteiger partial charge in [-0.25, -0.2) is 0 Å². The zero-order valence-electron chi connectivity index (χ0n) is 15.2. The van der Waals surface area contributed by atoms with E-state index in [9.17, 15) is 9.59 Å². The second-order valence-corrected chi connectivity index (χ2v) is 9.46. The third kappa shape index (κ3) is 2.95. The van der Waals surface area contributed by atoms with E-state index in [0.717, 1.165) is 25.7 Å². The standard InChI is InChI=1S/C19H30O4/c1-6-16(2,3)15(21)23-19-8-13-7-17(4,11-19)10-18(5,12-19)22-9-14(13)20/h13H,6-12H2,1-5H3. The number of Topliss-reactive ketones (excluding diaryl/α,β-unsaturated/α-hetero) is 1. The van der Waals surface area contributed by atoms with Gasteiger partial charge in [0.05, 0.1) is 11.0 Å². The Kier molecular flexibility index (Phi) is 3.72. The molecule has 4 rings (SSSR count). The molecule has 4 heteroatoms. The molecule has 2 aliphatic heterocycles. The summed E-state index contributed by atoms with van der Waals surface area (Å²) in [6, 6.07) is 0. The summed E-state index contributed by atoms with van der Waals surface area (Å²) in [5.41, 5.74) is -1.38. The molecule has 2 saturated carbocycles. The molecule has 2 saturated heterocycles. The van der Waals surface area contributed by atoms with Crippen molar-refractivity contribution in [3.05, 3.63) is 0 Å². The zero-order valence-corrected chi connectivity index (χ0v) is 15.2. The quantitative estimate of drug-likeness (QED) is 0.744. The predicted octanol–water partition coefficient (Wildman–Crippen LogP) is 3.66. The topological polar surface area (TPSA) is 52.6 Å². The normalized spacial score (nSPS) is 43.2. The first-order chi connectivity index (χ1) is 10.5. The lowest BCUT2D eigenvalue weighted by Crippen LogP contribution is -2.61. The van der Waals surface area contributed by atoms with Crippen molar-refractivity contribution in [2.24, 2.45) is 16.7 Å². The van der Waals surface area contributed by atoms with Gasteiger partial charge < -0.3 is 9.47 Å². The van der Waals surface area contributed by atoms with Crippen LogP contribution in [0.2, 0.25) is 0 Å². The number of carbonyl (C=O) groups is 2. The number of rotatable bonds is 3. The van der Waals surface area contributed by atoms with Gasteiger partial charge in [-0.2, -0.15) is 0 Å². The van der Waals surface area contributed by atoms with E-state index in [1.165, 1.54) is 0 Å². The van der Waals surface area contributed by atoms with Crippen LogP contribution in [0, 0.1) is 16.7 Å². The summed E-state index contributed by atoms with van der Waals surface area (Å²) in [6.07, 6.45) is 4.84. The first kappa shape index (κ1) is 16.9. The average molecular weight is 322 g/mol. The molecule has 0 N–H and O–H groups in total. The summed E-state index contributed by atoms with van der Waals surface area (Å²) in [5, 5.41) is 0. The highest BCUT2D eigenvalue weighted by molar-refractivity contribution is 5.83. The third-order valence-electron chi connectivity index (χ3n) is 6.37. The van der Waals surface area contributed by atoms with E-state index in [-0.39, 0.29) is 35.3 Å². The van der Waals surface area contributed by atoms with E-state index in [2.05, 4.69) is 13.8 Å². The molecule has 0 aromatic rings. The molecule has 0 spiro atoms. The van der Waals surface area contributed by atoms with Crippen molar-refractivity contribution in [3.63, 3.8) is 0 Å². The molecule has 4 fully saturated rings. The lowest BCUT2D eigenvalue weighted by atomic mass is 9.53. The summed E-state index contributed by atoms with van der Waals surface area (Å²) >= 11 is 0. The van der Waals surface area contributed by atoms with E-state index < -0.39 is 11.0 Å². The molecule has 4 aliphatic rings. The highest BCUT2D eigenvalue weighted by Gasteiger charge is 2.60. The number of hydrogen-bond donors (Lipinski definition) is 0. The Bertz CT molecular complexity index is 537. The van der Waals surface area contributed by atoms with E-state index in [0.29, 0.717) is 12.8 Å². The van der Waals surface area contributed by atoms with Crippen molar-refractivity contribution in [1.29, 1.82) is 0 Å². The Labute approximate surface area is 139 Å². The van der Waals surface area contributed by atoms with Gasteiger partial charge in [-0.1, -0.05) is 13.8 Å².